The van der Waals surface area contributed by atoms with E-state index in [0.29, 0.717) is 11.8 Å². The molecule has 1 fully saturated rings. The Morgan fingerprint density at radius 1 is 1.52 bits per heavy atom. The lowest BCUT2D eigenvalue weighted by molar-refractivity contribution is -0.0592. The van der Waals surface area contributed by atoms with Gasteiger partial charge in [-0.2, -0.15) is 0 Å². The van der Waals surface area contributed by atoms with Crippen LogP contribution in [0.2, 0.25) is 0 Å². The molecule has 1 aliphatic heterocycles. The molecule has 1 aliphatic rings. The molecule has 1 aromatic rings. The molecule has 5 heteroatoms. The highest BCUT2D eigenvalue weighted by atomic mass is 16.5. The fourth-order valence-electron chi connectivity index (χ4n) is 2.74. The van der Waals surface area contributed by atoms with Crippen molar-refractivity contribution in [1.29, 1.82) is 0 Å². The van der Waals surface area contributed by atoms with E-state index in [4.69, 9.17) is 9.47 Å². The van der Waals surface area contributed by atoms with Gasteiger partial charge in [0.1, 0.15) is 11.3 Å². The SMILES string of the molecule is CCC1COC(C)CN1Cc1ccc(OC)c(C(=O)O)c1. The molecule has 116 valence electrons. The van der Waals surface area contributed by atoms with Crippen molar-refractivity contribution in [3.8, 4) is 5.75 Å². The van der Waals surface area contributed by atoms with Crippen LogP contribution in [-0.2, 0) is 11.3 Å². The van der Waals surface area contributed by atoms with Crippen LogP contribution in [0.15, 0.2) is 18.2 Å². The normalized spacial score (nSPS) is 23.0. The topological polar surface area (TPSA) is 59.0 Å². The molecule has 1 aromatic carbocycles. The van der Waals surface area contributed by atoms with Crippen LogP contribution in [0.25, 0.3) is 0 Å². The maximum atomic E-state index is 11.3. The maximum absolute atomic E-state index is 11.3. The minimum absolute atomic E-state index is 0.212. The minimum Gasteiger partial charge on any atom is -0.496 e. The molecule has 2 unspecified atom stereocenters. The van der Waals surface area contributed by atoms with Gasteiger partial charge in [0.15, 0.2) is 0 Å². The Bertz CT molecular complexity index is 503. The van der Waals surface area contributed by atoms with Crippen molar-refractivity contribution in [1.82, 2.24) is 4.90 Å². The van der Waals surface area contributed by atoms with Crippen LogP contribution in [0.3, 0.4) is 0 Å². The molecule has 0 spiro atoms. The summed E-state index contributed by atoms with van der Waals surface area (Å²) in [4.78, 5) is 13.6. The Balaban J connectivity index is 2.18. The number of aromatic carboxylic acids is 1. The Kier molecular flexibility index (Phi) is 5.20. The van der Waals surface area contributed by atoms with Crippen LogP contribution in [-0.4, -0.2) is 48.4 Å². The summed E-state index contributed by atoms with van der Waals surface area (Å²) in [6.07, 6.45) is 1.24. The molecule has 0 bridgehead atoms. The number of morpholine rings is 1. The second-order valence-electron chi connectivity index (χ2n) is 5.48. The molecule has 5 nitrogen and oxygen atoms in total. The first kappa shape index (κ1) is 15.8. The first-order valence-corrected chi connectivity index (χ1v) is 7.31. The van der Waals surface area contributed by atoms with Gasteiger partial charge in [-0.1, -0.05) is 13.0 Å². The fraction of sp³-hybridized carbons (Fsp3) is 0.562. The Labute approximate surface area is 125 Å². The van der Waals surface area contributed by atoms with E-state index in [1.807, 2.05) is 6.07 Å². The van der Waals surface area contributed by atoms with Gasteiger partial charge >= 0.3 is 5.97 Å². The molecule has 1 N–H and O–H groups in total. The van der Waals surface area contributed by atoms with Gasteiger partial charge in [-0.05, 0) is 31.0 Å². The first-order valence-electron chi connectivity index (χ1n) is 7.31. The molecule has 1 saturated heterocycles. The number of carboxylic acid groups (broad SMARTS) is 1. The van der Waals surface area contributed by atoms with Crippen LogP contribution >= 0.6 is 0 Å². The summed E-state index contributed by atoms with van der Waals surface area (Å²) in [7, 11) is 1.48. The highest BCUT2D eigenvalue weighted by molar-refractivity contribution is 5.91. The third-order valence-corrected chi connectivity index (χ3v) is 3.93. The molecule has 0 radical (unpaired) electrons. The lowest BCUT2D eigenvalue weighted by atomic mass is 10.1. The number of benzene rings is 1. The number of methoxy groups -OCH3 is 1. The van der Waals surface area contributed by atoms with Crippen LogP contribution in [0, 0.1) is 0 Å². The third-order valence-electron chi connectivity index (χ3n) is 3.93. The zero-order chi connectivity index (χ0) is 15.4. The number of carbonyl (C=O) groups is 1. The number of rotatable bonds is 5. The van der Waals surface area contributed by atoms with Crippen LogP contribution < -0.4 is 4.74 Å². The van der Waals surface area contributed by atoms with Crippen molar-refractivity contribution in [3.63, 3.8) is 0 Å². The quantitative estimate of drug-likeness (QED) is 0.903. The number of hydrogen-bond acceptors (Lipinski definition) is 4. The van der Waals surface area contributed by atoms with E-state index in [9.17, 15) is 9.90 Å². The number of carboxylic acids is 1. The Hall–Kier alpha value is -1.59. The van der Waals surface area contributed by atoms with Gasteiger partial charge in [-0.3, -0.25) is 4.90 Å². The van der Waals surface area contributed by atoms with Crippen LogP contribution in [0.4, 0.5) is 0 Å². The molecule has 2 rings (SSSR count). The van der Waals surface area contributed by atoms with Crippen molar-refractivity contribution >= 4 is 5.97 Å². The van der Waals surface area contributed by atoms with E-state index in [1.165, 1.54) is 7.11 Å². The van der Waals surface area contributed by atoms with E-state index in [2.05, 4.69) is 18.7 Å². The predicted molar refractivity (Wildman–Crippen MR) is 79.9 cm³/mol. The van der Waals surface area contributed by atoms with Gasteiger partial charge in [-0.25, -0.2) is 4.79 Å². The summed E-state index contributed by atoms with van der Waals surface area (Å²) >= 11 is 0. The fourth-order valence-corrected chi connectivity index (χ4v) is 2.74. The van der Waals surface area contributed by atoms with E-state index in [-0.39, 0.29) is 11.7 Å². The van der Waals surface area contributed by atoms with E-state index < -0.39 is 5.97 Å². The highest BCUT2D eigenvalue weighted by Gasteiger charge is 2.25. The smallest absolute Gasteiger partial charge is 0.339 e. The maximum Gasteiger partial charge on any atom is 0.339 e. The largest absolute Gasteiger partial charge is 0.496 e. The zero-order valence-electron chi connectivity index (χ0n) is 12.8. The summed E-state index contributed by atoms with van der Waals surface area (Å²) in [6, 6.07) is 5.74. The summed E-state index contributed by atoms with van der Waals surface area (Å²) in [5, 5.41) is 9.25. The van der Waals surface area contributed by atoms with Gasteiger partial charge in [0.05, 0.1) is 19.8 Å². The van der Waals surface area contributed by atoms with Gasteiger partial charge < -0.3 is 14.6 Å². The van der Waals surface area contributed by atoms with Gasteiger partial charge in [0.2, 0.25) is 0 Å². The average molecular weight is 293 g/mol. The molecule has 0 aliphatic carbocycles. The van der Waals surface area contributed by atoms with E-state index >= 15 is 0 Å². The molecule has 0 saturated carbocycles. The number of ether oxygens (including phenoxy) is 2. The predicted octanol–water partition coefficient (Wildman–Crippen LogP) is 2.39. The average Bonchev–Trinajstić information content (AvgIpc) is 2.47. The van der Waals surface area contributed by atoms with Gasteiger partial charge in [0, 0.05) is 19.1 Å². The zero-order valence-corrected chi connectivity index (χ0v) is 12.8. The number of hydrogen-bond donors (Lipinski definition) is 1. The van der Waals surface area contributed by atoms with E-state index in [0.717, 1.165) is 31.7 Å². The Morgan fingerprint density at radius 3 is 2.90 bits per heavy atom. The van der Waals surface area contributed by atoms with Crippen molar-refractivity contribution < 1.29 is 19.4 Å². The number of nitrogens with zero attached hydrogens (tertiary/aromatic N) is 1. The Morgan fingerprint density at radius 2 is 2.29 bits per heavy atom. The van der Waals surface area contributed by atoms with Crippen molar-refractivity contribution in [2.24, 2.45) is 0 Å². The standard InChI is InChI=1S/C16H23NO4/c1-4-13-10-21-11(2)8-17(13)9-12-5-6-15(20-3)14(7-12)16(18)19/h5-7,11,13H,4,8-10H2,1-3H3,(H,18,19). The van der Waals surface area contributed by atoms with Crippen LogP contribution in [0.5, 0.6) is 5.75 Å². The molecule has 0 aromatic heterocycles. The summed E-state index contributed by atoms with van der Waals surface area (Å²) in [5.74, 6) is -0.565. The van der Waals surface area contributed by atoms with Gasteiger partial charge in [0.25, 0.3) is 0 Å². The molecule has 2 atom stereocenters. The van der Waals surface area contributed by atoms with Crippen LogP contribution in [0.1, 0.15) is 36.2 Å². The third kappa shape index (κ3) is 3.74. The first-order chi connectivity index (χ1) is 10.0. The molecule has 21 heavy (non-hydrogen) atoms. The molecule has 1 heterocycles. The second-order valence-corrected chi connectivity index (χ2v) is 5.48. The molecular weight excluding hydrogens is 270 g/mol. The lowest BCUT2D eigenvalue weighted by Gasteiger charge is -2.38. The van der Waals surface area contributed by atoms with Crippen molar-refractivity contribution in [2.45, 2.75) is 39.0 Å². The monoisotopic (exact) mass is 293 g/mol. The molecule has 0 amide bonds. The highest BCUT2D eigenvalue weighted by Crippen LogP contribution is 2.23. The minimum atomic E-state index is -0.962. The molecular formula is C16H23NO4. The van der Waals surface area contributed by atoms with Crippen molar-refractivity contribution in [2.75, 3.05) is 20.3 Å². The summed E-state index contributed by atoms with van der Waals surface area (Å²) in [5.41, 5.74) is 1.20. The lowest BCUT2D eigenvalue weighted by Crippen LogP contribution is -2.47. The summed E-state index contributed by atoms with van der Waals surface area (Å²) in [6.45, 7) is 6.55. The van der Waals surface area contributed by atoms with Crippen molar-refractivity contribution in [3.05, 3.63) is 29.3 Å². The second kappa shape index (κ2) is 6.91. The van der Waals surface area contributed by atoms with E-state index in [1.54, 1.807) is 12.1 Å². The summed E-state index contributed by atoms with van der Waals surface area (Å²) < 4.78 is 10.8. The van der Waals surface area contributed by atoms with Gasteiger partial charge in [-0.15, -0.1) is 0 Å².